The largest absolute Gasteiger partial charge is 0.465 e. The predicted molar refractivity (Wildman–Crippen MR) is 106 cm³/mol. The second kappa shape index (κ2) is 8.69. The molecule has 3 rings (SSSR count). The maximum absolute atomic E-state index is 12.7. The van der Waals surface area contributed by atoms with Crippen molar-refractivity contribution in [2.45, 2.75) is 19.8 Å². The van der Waals surface area contributed by atoms with Gasteiger partial charge in [-0.2, -0.15) is 0 Å². The highest BCUT2D eigenvalue weighted by Crippen LogP contribution is 2.22. The maximum Gasteiger partial charge on any atom is 0.337 e. The molecule has 2 aromatic carbocycles. The van der Waals surface area contributed by atoms with Gasteiger partial charge in [0.05, 0.1) is 12.7 Å². The molecule has 1 aliphatic heterocycles. The number of aryl methyl sites for hydroxylation is 1. The third-order valence-electron chi connectivity index (χ3n) is 5.10. The lowest BCUT2D eigenvalue weighted by molar-refractivity contribution is -0.121. The van der Waals surface area contributed by atoms with Crippen molar-refractivity contribution in [3.05, 3.63) is 65.2 Å². The van der Waals surface area contributed by atoms with Crippen LogP contribution in [0.3, 0.4) is 0 Å². The van der Waals surface area contributed by atoms with Crippen LogP contribution in [0.5, 0.6) is 0 Å². The zero-order valence-corrected chi connectivity index (χ0v) is 16.1. The first-order valence-corrected chi connectivity index (χ1v) is 9.33. The number of nitrogens with zero attached hydrogens (tertiary/aromatic N) is 1. The molecule has 1 saturated heterocycles. The number of piperidine rings is 1. The fourth-order valence-corrected chi connectivity index (χ4v) is 3.38. The molecule has 0 saturated carbocycles. The number of carbonyl (C=O) groups is 3. The number of esters is 1. The summed E-state index contributed by atoms with van der Waals surface area (Å²) in [6.07, 6.45) is 1.26. The van der Waals surface area contributed by atoms with Gasteiger partial charge in [-0.15, -0.1) is 0 Å². The number of methoxy groups -OCH3 is 1. The Kier molecular flexibility index (Phi) is 6.09. The lowest BCUT2D eigenvalue weighted by atomic mass is 9.95. The number of carbonyl (C=O) groups excluding carboxylic acids is 3. The average Bonchev–Trinajstić information content (AvgIpc) is 2.73. The summed E-state index contributed by atoms with van der Waals surface area (Å²) in [5.74, 6) is -0.589. The van der Waals surface area contributed by atoms with Gasteiger partial charge in [-0.1, -0.05) is 18.2 Å². The molecule has 0 bridgehead atoms. The molecule has 1 N–H and O–H groups in total. The number of likely N-dealkylation sites (tertiary alicyclic amines) is 1. The normalized spacial score (nSPS) is 14.4. The third kappa shape index (κ3) is 4.39. The Bertz CT molecular complexity index is 868. The van der Waals surface area contributed by atoms with E-state index in [1.807, 2.05) is 36.1 Å². The average molecular weight is 380 g/mol. The van der Waals surface area contributed by atoms with Crippen molar-refractivity contribution < 1.29 is 19.1 Å². The molecule has 0 aromatic heterocycles. The summed E-state index contributed by atoms with van der Waals surface area (Å²) < 4.78 is 4.66. The number of anilines is 1. The fourth-order valence-electron chi connectivity index (χ4n) is 3.38. The molecular formula is C22H24N2O4. The van der Waals surface area contributed by atoms with Crippen LogP contribution in [0.1, 0.15) is 39.1 Å². The van der Waals surface area contributed by atoms with Crippen molar-refractivity contribution in [2.75, 3.05) is 25.5 Å². The van der Waals surface area contributed by atoms with Crippen LogP contribution in [0.4, 0.5) is 5.69 Å². The molecule has 1 aliphatic rings. The lowest BCUT2D eigenvalue weighted by Gasteiger charge is -2.31. The van der Waals surface area contributed by atoms with Crippen LogP contribution in [0.2, 0.25) is 0 Å². The van der Waals surface area contributed by atoms with Gasteiger partial charge in [0.2, 0.25) is 5.91 Å². The second-order valence-electron chi connectivity index (χ2n) is 6.94. The van der Waals surface area contributed by atoms with E-state index in [-0.39, 0.29) is 17.7 Å². The summed E-state index contributed by atoms with van der Waals surface area (Å²) in [6.45, 7) is 3.05. The van der Waals surface area contributed by atoms with Crippen LogP contribution < -0.4 is 5.32 Å². The van der Waals surface area contributed by atoms with Gasteiger partial charge < -0.3 is 15.0 Å². The number of hydrogen-bond donors (Lipinski definition) is 1. The van der Waals surface area contributed by atoms with Gasteiger partial charge in [-0.05, 0) is 55.7 Å². The summed E-state index contributed by atoms with van der Waals surface area (Å²) >= 11 is 0. The first-order chi connectivity index (χ1) is 13.5. The summed E-state index contributed by atoms with van der Waals surface area (Å²) in [5.41, 5.74) is 2.75. The Hall–Kier alpha value is -3.15. The quantitative estimate of drug-likeness (QED) is 0.826. The summed E-state index contributed by atoms with van der Waals surface area (Å²) in [6, 6.07) is 14.2. The van der Waals surface area contributed by atoms with Crippen LogP contribution in [-0.4, -0.2) is 42.9 Å². The monoisotopic (exact) mass is 380 g/mol. The molecule has 0 spiro atoms. The Balaban J connectivity index is 1.54. The number of rotatable bonds is 4. The van der Waals surface area contributed by atoms with Crippen molar-refractivity contribution in [3.8, 4) is 0 Å². The number of amides is 2. The summed E-state index contributed by atoms with van der Waals surface area (Å²) in [7, 11) is 1.33. The SMILES string of the molecule is COC(=O)c1ccc(NC(=O)C2CCN(C(=O)c3ccccc3C)CC2)cc1. The third-order valence-corrected chi connectivity index (χ3v) is 5.10. The van der Waals surface area contributed by atoms with Crippen LogP contribution in [0.25, 0.3) is 0 Å². The van der Waals surface area contributed by atoms with E-state index in [9.17, 15) is 14.4 Å². The number of hydrogen-bond acceptors (Lipinski definition) is 4. The molecular weight excluding hydrogens is 356 g/mol. The zero-order valence-electron chi connectivity index (χ0n) is 16.1. The van der Waals surface area contributed by atoms with Crippen molar-refractivity contribution in [1.29, 1.82) is 0 Å². The highest BCUT2D eigenvalue weighted by atomic mass is 16.5. The van der Waals surface area contributed by atoms with Gasteiger partial charge in [0, 0.05) is 30.3 Å². The van der Waals surface area contributed by atoms with Crippen molar-refractivity contribution in [2.24, 2.45) is 5.92 Å². The first-order valence-electron chi connectivity index (χ1n) is 9.33. The highest BCUT2D eigenvalue weighted by molar-refractivity contribution is 5.96. The Morgan fingerprint density at radius 3 is 2.25 bits per heavy atom. The molecule has 2 aromatic rings. The minimum absolute atomic E-state index is 0.0235. The van der Waals surface area contributed by atoms with Gasteiger partial charge in [-0.25, -0.2) is 4.79 Å². The van der Waals surface area contributed by atoms with Gasteiger partial charge in [0.15, 0.2) is 0 Å². The summed E-state index contributed by atoms with van der Waals surface area (Å²) in [5, 5.41) is 2.89. The smallest absolute Gasteiger partial charge is 0.337 e. The van der Waals surface area contributed by atoms with Crippen LogP contribution in [-0.2, 0) is 9.53 Å². The van der Waals surface area contributed by atoms with E-state index in [4.69, 9.17) is 0 Å². The van der Waals surface area contributed by atoms with Crippen molar-refractivity contribution >= 4 is 23.5 Å². The van der Waals surface area contributed by atoms with E-state index in [0.29, 0.717) is 37.2 Å². The second-order valence-corrected chi connectivity index (χ2v) is 6.94. The number of nitrogens with one attached hydrogen (secondary N) is 1. The maximum atomic E-state index is 12.7. The Labute approximate surface area is 164 Å². The van der Waals surface area contributed by atoms with Gasteiger partial charge in [0.1, 0.15) is 0 Å². The van der Waals surface area contributed by atoms with Gasteiger partial charge in [0.25, 0.3) is 5.91 Å². The van der Waals surface area contributed by atoms with E-state index in [1.165, 1.54) is 7.11 Å². The fraction of sp³-hybridized carbons (Fsp3) is 0.318. The molecule has 28 heavy (non-hydrogen) atoms. The molecule has 146 valence electrons. The number of ether oxygens (including phenoxy) is 1. The molecule has 1 heterocycles. The number of benzene rings is 2. The minimum Gasteiger partial charge on any atom is -0.465 e. The molecule has 0 unspecified atom stereocenters. The molecule has 6 nitrogen and oxygen atoms in total. The van der Waals surface area contributed by atoms with E-state index in [0.717, 1.165) is 11.1 Å². The standard InChI is InChI=1S/C22H24N2O4/c1-15-5-3-4-6-19(15)21(26)24-13-11-16(12-14-24)20(25)23-18-9-7-17(8-10-18)22(27)28-2/h3-10,16H,11-14H2,1-2H3,(H,23,25). The highest BCUT2D eigenvalue weighted by Gasteiger charge is 2.28. The van der Waals surface area contributed by atoms with Crippen molar-refractivity contribution in [1.82, 2.24) is 4.90 Å². The molecule has 6 heteroatoms. The Morgan fingerprint density at radius 2 is 1.64 bits per heavy atom. The molecule has 2 amide bonds. The van der Waals surface area contributed by atoms with Gasteiger partial charge >= 0.3 is 5.97 Å². The van der Waals surface area contributed by atoms with Crippen LogP contribution in [0.15, 0.2) is 48.5 Å². The first kappa shape index (κ1) is 19.6. The van der Waals surface area contributed by atoms with E-state index in [1.54, 1.807) is 24.3 Å². The van der Waals surface area contributed by atoms with Crippen molar-refractivity contribution in [3.63, 3.8) is 0 Å². The minimum atomic E-state index is -0.413. The van der Waals surface area contributed by atoms with Gasteiger partial charge in [-0.3, -0.25) is 9.59 Å². The van der Waals surface area contributed by atoms with Crippen LogP contribution in [0, 0.1) is 12.8 Å². The lowest BCUT2D eigenvalue weighted by Crippen LogP contribution is -2.41. The molecule has 0 radical (unpaired) electrons. The predicted octanol–water partition coefficient (Wildman–Crippen LogP) is 3.27. The summed E-state index contributed by atoms with van der Waals surface area (Å²) in [4.78, 5) is 38.5. The molecule has 0 aliphatic carbocycles. The topological polar surface area (TPSA) is 75.7 Å². The Morgan fingerprint density at radius 1 is 1.00 bits per heavy atom. The van der Waals surface area contributed by atoms with E-state index < -0.39 is 5.97 Å². The van der Waals surface area contributed by atoms with E-state index in [2.05, 4.69) is 10.1 Å². The van der Waals surface area contributed by atoms with E-state index >= 15 is 0 Å². The molecule has 0 atom stereocenters. The zero-order chi connectivity index (χ0) is 20.1. The van der Waals surface area contributed by atoms with Crippen LogP contribution >= 0.6 is 0 Å². The molecule has 1 fully saturated rings.